The standard InChI is InChI=1S/C17H12ClN3O3S2/c18-11-4-6-12(7-5-11)19-15(22)14-9-26-16(20(14)17(19)25)10-2-1-3-13(8-10)21(23)24/h1-8,14,16H,9H2/t14-,16-/m0/s1. The molecule has 6 nitrogen and oxygen atoms in total. The molecule has 0 aliphatic carbocycles. The molecule has 0 unspecified atom stereocenters. The third kappa shape index (κ3) is 2.74. The maximum atomic E-state index is 12.9. The lowest BCUT2D eigenvalue weighted by Crippen LogP contribution is -2.33. The highest BCUT2D eigenvalue weighted by molar-refractivity contribution is 7.99. The van der Waals surface area contributed by atoms with Crippen LogP contribution in [0.25, 0.3) is 0 Å². The lowest BCUT2D eigenvalue weighted by molar-refractivity contribution is -0.384. The highest BCUT2D eigenvalue weighted by Crippen LogP contribution is 2.46. The van der Waals surface area contributed by atoms with Crippen molar-refractivity contribution in [2.45, 2.75) is 11.4 Å². The van der Waals surface area contributed by atoms with E-state index in [0.29, 0.717) is 21.6 Å². The number of carbonyl (C=O) groups excluding carboxylic acids is 1. The number of nitro groups is 1. The highest BCUT2D eigenvalue weighted by atomic mass is 35.5. The number of nitro benzene ring substituents is 1. The summed E-state index contributed by atoms with van der Waals surface area (Å²) in [6.45, 7) is 0. The molecule has 2 aromatic carbocycles. The minimum absolute atomic E-state index is 0.0255. The summed E-state index contributed by atoms with van der Waals surface area (Å²) in [4.78, 5) is 26.9. The number of hydrogen-bond donors (Lipinski definition) is 0. The van der Waals surface area contributed by atoms with Crippen LogP contribution in [-0.2, 0) is 4.79 Å². The van der Waals surface area contributed by atoms with E-state index in [-0.39, 0.29) is 23.0 Å². The topological polar surface area (TPSA) is 66.7 Å². The van der Waals surface area contributed by atoms with Gasteiger partial charge in [-0.2, -0.15) is 0 Å². The molecule has 0 N–H and O–H groups in total. The smallest absolute Gasteiger partial charge is 0.269 e. The summed E-state index contributed by atoms with van der Waals surface area (Å²) >= 11 is 13.1. The summed E-state index contributed by atoms with van der Waals surface area (Å²) in [6.07, 6.45) is 0. The van der Waals surface area contributed by atoms with Gasteiger partial charge in [-0.25, -0.2) is 0 Å². The number of nitrogens with zero attached hydrogens (tertiary/aromatic N) is 3. The molecule has 0 spiro atoms. The number of halogens is 1. The Kier molecular flexibility index (Phi) is 4.34. The number of anilines is 1. The van der Waals surface area contributed by atoms with Crippen molar-refractivity contribution in [3.8, 4) is 0 Å². The zero-order valence-electron chi connectivity index (χ0n) is 13.2. The Bertz CT molecular complexity index is 922. The molecule has 132 valence electrons. The number of benzene rings is 2. The van der Waals surface area contributed by atoms with Crippen molar-refractivity contribution >= 4 is 58.0 Å². The minimum atomic E-state index is -0.423. The van der Waals surface area contributed by atoms with Gasteiger partial charge in [-0.15, -0.1) is 11.8 Å². The van der Waals surface area contributed by atoms with E-state index in [1.807, 2.05) is 11.0 Å². The number of amides is 1. The molecular weight excluding hydrogens is 394 g/mol. The van der Waals surface area contributed by atoms with Crippen LogP contribution in [-0.4, -0.2) is 32.6 Å². The van der Waals surface area contributed by atoms with Crippen LogP contribution in [0.5, 0.6) is 0 Å². The average molecular weight is 406 g/mol. The van der Waals surface area contributed by atoms with Crippen molar-refractivity contribution in [1.82, 2.24) is 4.90 Å². The molecule has 0 bridgehead atoms. The maximum Gasteiger partial charge on any atom is 0.269 e. The van der Waals surface area contributed by atoms with Gasteiger partial charge < -0.3 is 4.90 Å². The predicted molar refractivity (Wildman–Crippen MR) is 105 cm³/mol. The van der Waals surface area contributed by atoms with Crippen molar-refractivity contribution < 1.29 is 9.72 Å². The SMILES string of the molecule is O=C1[C@@H]2CS[C@@H](c3cccc([N+](=O)[O-])c3)N2C(=S)N1c1ccc(Cl)cc1. The fraction of sp³-hybridized carbons (Fsp3) is 0.176. The number of thiocarbonyl (C=S) groups is 1. The van der Waals surface area contributed by atoms with Crippen molar-refractivity contribution in [3.05, 3.63) is 69.2 Å². The van der Waals surface area contributed by atoms with E-state index >= 15 is 0 Å². The number of rotatable bonds is 3. The lowest BCUT2D eigenvalue weighted by atomic mass is 10.1. The molecule has 2 aliphatic heterocycles. The van der Waals surface area contributed by atoms with E-state index in [4.69, 9.17) is 23.8 Å². The third-order valence-electron chi connectivity index (χ3n) is 4.37. The van der Waals surface area contributed by atoms with Gasteiger partial charge in [-0.05, 0) is 42.0 Å². The molecule has 2 atom stereocenters. The average Bonchev–Trinajstić information content (AvgIpc) is 3.17. The zero-order valence-corrected chi connectivity index (χ0v) is 15.6. The van der Waals surface area contributed by atoms with Crippen LogP contribution in [0.4, 0.5) is 11.4 Å². The summed E-state index contributed by atoms with van der Waals surface area (Å²) in [6, 6.07) is 13.0. The summed E-state index contributed by atoms with van der Waals surface area (Å²) in [5.74, 6) is 0.494. The fourth-order valence-electron chi connectivity index (χ4n) is 3.17. The van der Waals surface area contributed by atoms with E-state index in [1.165, 1.54) is 17.0 Å². The molecule has 9 heteroatoms. The van der Waals surface area contributed by atoms with Gasteiger partial charge >= 0.3 is 0 Å². The van der Waals surface area contributed by atoms with Gasteiger partial charge in [0.25, 0.3) is 11.6 Å². The van der Waals surface area contributed by atoms with Gasteiger partial charge in [-0.3, -0.25) is 19.8 Å². The molecule has 0 radical (unpaired) electrons. The van der Waals surface area contributed by atoms with Gasteiger partial charge in [0.05, 0.1) is 10.6 Å². The van der Waals surface area contributed by atoms with Crippen LogP contribution in [0, 0.1) is 10.1 Å². The van der Waals surface area contributed by atoms with E-state index in [1.54, 1.807) is 42.1 Å². The first-order chi connectivity index (χ1) is 12.5. The second-order valence-electron chi connectivity index (χ2n) is 5.89. The Hall–Kier alpha value is -2.16. The molecule has 0 aromatic heterocycles. The number of hydrogen-bond acceptors (Lipinski definition) is 5. The van der Waals surface area contributed by atoms with Crippen LogP contribution in [0.15, 0.2) is 48.5 Å². The predicted octanol–water partition coefficient (Wildman–Crippen LogP) is 4.00. The molecule has 26 heavy (non-hydrogen) atoms. The lowest BCUT2D eigenvalue weighted by Gasteiger charge is -2.25. The van der Waals surface area contributed by atoms with Gasteiger partial charge in [0, 0.05) is 22.9 Å². The molecule has 0 saturated carbocycles. The fourth-order valence-corrected chi connectivity index (χ4v) is 5.20. The Morgan fingerprint density at radius 3 is 2.65 bits per heavy atom. The molecule has 2 fully saturated rings. The number of non-ortho nitro benzene ring substituents is 1. The van der Waals surface area contributed by atoms with Crippen LogP contribution in [0.2, 0.25) is 5.02 Å². The summed E-state index contributed by atoms with van der Waals surface area (Å²) < 4.78 is 0. The summed E-state index contributed by atoms with van der Waals surface area (Å²) in [7, 11) is 0. The van der Waals surface area contributed by atoms with Gasteiger partial charge in [0.2, 0.25) is 0 Å². The molecule has 2 saturated heterocycles. The van der Waals surface area contributed by atoms with Gasteiger partial charge in [0.15, 0.2) is 5.11 Å². The molecule has 1 amide bonds. The van der Waals surface area contributed by atoms with Gasteiger partial charge in [-0.1, -0.05) is 23.7 Å². The van der Waals surface area contributed by atoms with Crippen molar-refractivity contribution in [2.24, 2.45) is 0 Å². The molecule has 2 heterocycles. The minimum Gasteiger partial charge on any atom is -0.319 e. The van der Waals surface area contributed by atoms with Gasteiger partial charge in [0.1, 0.15) is 11.4 Å². The van der Waals surface area contributed by atoms with Crippen LogP contribution in [0.3, 0.4) is 0 Å². The van der Waals surface area contributed by atoms with Crippen LogP contribution in [0.1, 0.15) is 10.9 Å². The third-order valence-corrected chi connectivity index (χ3v) is 6.34. The summed E-state index contributed by atoms with van der Waals surface area (Å²) in [5.41, 5.74) is 1.46. The largest absolute Gasteiger partial charge is 0.319 e. The maximum absolute atomic E-state index is 12.9. The van der Waals surface area contributed by atoms with E-state index in [0.717, 1.165) is 5.56 Å². The Morgan fingerprint density at radius 1 is 1.23 bits per heavy atom. The monoisotopic (exact) mass is 405 g/mol. The first-order valence-corrected chi connectivity index (χ1v) is 9.58. The Balaban J connectivity index is 1.68. The second kappa shape index (κ2) is 6.53. The number of carbonyl (C=O) groups is 1. The zero-order chi connectivity index (χ0) is 18.4. The van der Waals surface area contributed by atoms with E-state index < -0.39 is 4.92 Å². The van der Waals surface area contributed by atoms with Crippen molar-refractivity contribution in [3.63, 3.8) is 0 Å². The van der Waals surface area contributed by atoms with Crippen LogP contribution >= 0.6 is 35.6 Å². The van der Waals surface area contributed by atoms with E-state index in [2.05, 4.69) is 0 Å². The normalized spacial score (nSPS) is 22.0. The first kappa shape index (κ1) is 17.3. The second-order valence-corrected chi connectivity index (χ2v) is 7.81. The van der Waals surface area contributed by atoms with Crippen LogP contribution < -0.4 is 4.90 Å². The van der Waals surface area contributed by atoms with E-state index in [9.17, 15) is 14.9 Å². The Labute approximate surface area is 163 Å². The summed E-state index contributed by atoms with van der Waals surface area (Å²) in [5, 5.41) is 11.8. The molecule has 2 aliphatic rings. The van der Waals surface area contributed by atoms with Crippen molar-refractivity contribution in [2.75, 3.05) is 10.7 Å². The van der Waals surface area contributed by atoms with Crippen molar-refractivity contribution in [1.29, 1.82) is 0 Å². The number of fused-ring (bicyclic) bond motifs is 1. The Morgan fingerprint density at radius 2 is 1.96 bits per heavy atom. The quantitative estimate of drug-likeness (QED) is 0.437. The molecule has 2 aromatic rings. The number of thioether (sulfide) groups is 1. The first-order valence-electron chi connectivity index (χ1n) is 7.75. The highest BCUT2D eigenvalue weighted by Gasteiger charge is 2.50. The molecule has 4 rings (SSSR count). The molecular formula is C17H12ClN3O3S2.